The Bertz CT molecular complexity index is 1260. The average Bonchev–Trinajstić information content (AvgIpc) is 3.04. The van der Waals surface area contributed by atoms with Crippen molar-refractivity contribution in [2.75, 3.05) is 33.9 Å². The maximum atomic E-state index is 13.3. The van der Waals surface area contributed by atoms with E-state index >= 15 is 0 Å². The number of nitrogens with zero attached hydrogens (tertiary/aromatic N) is 3. The summed E-state index contributed by atoms with van der Waals surface area (Å²) in [4.78, 5) is 22.5. The molecule has 0 spiro atoms. The molecule has 0 unspecified atom stereocenters. The Balaban J connectivity index is 1.47. The summed E-state index contributed by atoms with van der Waals surface area (Å²) in [5.74, 6) is 3.55. The largest absolute Gasteiger partial charge is 0.497 e. The van der Waals surface area contributed by atoms with E-state index in [9.17, 15) is 4.79 Å². The molecule has 3 aromatic carbocycles. The Kier molecular flexibility index (Phi) is 5.84. The van der Waals surface area contributed by atoms with Gasteiger partial charge in [0.05, 0.1) is 25.3 Å². The summed E-state index contributed by atoms with van der Waals surface area (Å²) in [5.41, 5.74) is 2.22. The number of amidine groups is 1. The van der Waals surface area contributed by atoms with Crippen LogP contribution in [0.2, 0.25) is 0 Å². The summed E-state index contributed by atoms with van der Waals surface area (Å²) in [7, 11) is 3.23. The van der Waals surface area contributed by atoms with E-state index in [1.54, 1.807) is 14.2 Å². The molecule has 0 N–H and O–H groups in total. The van der Waals surface area contributed by atoms with Crippen LogP contribution < -0.4 is 14.2 Å². The van der Waals surface area contributed by atoms with Crippen LogP contribution in [0.15, 0.2) is 71.7 Å². The summed E-state index contributed by atoms with van der Waals surface area (Å²) >= 11 is 0. The molecule has 1 atom stereocenters. The average molecular weight is 458 g/mol. The molecule has 174 valence electrons. The molecule has 0 aromatic heterocycles. The van der Waals surface area contributed by atoms with Gasteiger partial charge in [-0.2, -0.15) is 0 Å². The summed E-state index contributed by atoms with van der Waals surface area (Å²) in [6.07, 6.45) is 0. The third-order valence-corrected chi connectivity index (χ3v) is 6.26. The van der Waals surface area contributed by atoms with Gasteiger partial charge in [0.15, 0.2) is 5.75 Å². The molecule has 0 saturated carbocycles. The Hall–Kier alpha value is -4.00. The second-order valence-corrected chi connectivity index (χ2v) is 8.36. The maximum absolute atomic E-state index is 13.3. The standard InChI is InChI=1S/C27H27N3O4/c1-18-17-29(14-15-30(18)27(31)20-8-4-6-10-23(20)33-3)26-21-16-19(32-2)12-13-24(21)34-25-11-7-5-9-22(25)28-26/h4-13,16,18H,14-15,17H2,1-3H3/t18-/m0/s1. The van der Waals surface area contributed by atoms with Gasteiger partial charge in [-0.05, 0) is 49.4 Å². The summed E-state index contributed by atoms with van der Waals surface area (Å²) in [6, 6.07) is 20.8. The number of amides is 1. The molecule has 2 aliphatic heterocycles. The van der Waals surface area contributed by atoms with Crippen molar-refractivity contribution in [3.05, 3.63) is 77.9 Å². The van der Waals surface area contributed by atoms with Gasteiger partial charge in [-0.25, -0.2) is 4.99 Å². The number of piperazine rings is 1. The van der Waals surface area contributed by atoms with Crippen LogP contribution in [0.4, 0.5) is 5.69 Å². The molecule has 5 rings (SSSR count). The van der Waals surface area contributed by atoms with Crippen LogP contribution in [0.5, 0.6) is 23.0 Å². The monoisotopic (exact) mass is 457 g/mol. The Morgan fingerprint density at radius 3 is 2.56 bits per heavy atom. The fourth-order valence-electron chi connectivity index (χ4n) is 4.50. The van der Waals surface area contributed by atoms with Crippen LogP contribution in [0.1, 0.15) is 22.8 Å². The maximum Gasteiger partial charge on any atom is 0.257 e. The first-order valence-electron chi connectivity index (χ1n) is 11.3. The highest BCUT2D eigenvalue weighted by Crippen LogP contribution is 2.39. The second-order valence-electron chi connectivity index (χ2n) is 8.36. The molecule has 1 saturated heterocycles. The van der Waals surface area contributed by atoms with E-state index in [1.165, 1.54) is 0 Å². The van der Waals surface area contributed by atoms with Crippen molar-refractivity contribution in [2.45, 2.75) is 13.0 Å². The first kappa shape index (κ1) is 21.8. The highest BCUT2D eigenvalue weighted by molar-refractivity contribution is 6.04. The molecule has 34 heavy (non-hydrogen) atoms. The number of hydrogen-bond acceptors (Lipinski definition) is 6. The van der Waals surface area contributed by atoms with Gasteiger partial charge in [0, 0.05) is 25.7 Å². The van der Waals surface area contributed by atoms with Crippen molar-refractivity contribution in [1.82, 2.24) is 9.80 Å². The normalized spacial score (nSPS) is 17.0. The molecule has 2 heterocycles. The number of fused-ring (bicyclic) bond motifs is 2. The van der Waals surface area contributed by atoms with Crippen molar-refractivity contribution < 1.29 is 19.0 Å². The van der Waals surface area contributed by atoms with Gasteiger partial charge in [0.2, 0.25) is 0 Å². The van der Waals surface area contributed by atoms with E-state index in [1.807, 2.05) is 71.6 Å². The number of benzene rings is 3. The number of para-hydroxylation sites is 3. The zero-order valence-corrected chi connectivity index (χ0v) is 19.5. The van der Waals surface area contributed by atoms with E-state index in [2.05, 4.69) is 11.8 Å². The Labute approximate surface area is 199 Å². The molecule has 7 heteroatoms. The number of carbonyl (C=O) groups is 1. The van der Waals surface area contributed by atoms with E-state index in [0.29, 0.717) is 36.7 Å². The lowest BCUT2D eigenvalue weighted by atomic mass is 10.1. The molecular weight excluding hydrogens is 430 g/mol. The molecule has 0 aliphatic carbocycles. The fourth-order valence-corrected chi connectivity index (χ4v) is 4.50. The molecule has 0 bridgehead atoms. The topological polar surface area (TPSA) is 63.6 Å². The van der Waals surface area contributed by atoms with E-state index < -0.39 is 0 Å². The van der Waals surface area contributed by atoms with Crippen molar-refractivity contribution in [2.24, 2.45) is 4.99 Å². The molecule has 3 aromatic rings. The van der Waals surface area contributed by atoms with Gasteiger partial charge < -0.3 is 24.0 Å². The molecule has 1 fully saturated rings. The zero-order valence-electron chi connectivity index (χ0n) is 19.5. The highest BCUT2D eigenvalue weighted by Gasteiger charge is 2.33. The molecule has 7 nitrogen and oxygen atoms in total. The molecular formula is C27H27N3O4. The SMILES string of the molecule is COc1ccc2c(c1)C(N1CCN(C(=O)c3ccccc3OC)[C@@H](C)C1)=Nc1ccccc1O2. The van der Waals surface area contributed by atoms with E-state index in [0.717, 1.165) is 28.6 Å². The minimum absolute atomic E-state index is 0.0249. The van der Waals surface area contributed by atoms with Crippen molar-refractivity contribution in [3.63, 3.8) is 0 Å². The van der Waals surface area contributed by atoms with Crippen LogP contribution in [0, 0.1) is 0 Å². The summed E-state index contributed by atoms with van der Waals surface area (Å²) in [5, 5.41) is 0. The molecule has 2 aliphatic rings. The van der Waals surface area contributed by atoms with Crippen molar-refractivity contribution >= 4 is 17.4 Å². The minimum Gasteiger partial charge on any atom is -0.497 e. The first-order chi connectivity index (χ1) is 16.6. The zero-order chi connectivity index (χ0) is 23.7. The summed E-state index contributed by atoms with van der Waals surface area (Å²) in [6.45, 7) is 3.91. The number of methoxy groups -OCH3 is 2. The van der Waals surface area contributed by atoms with Gasteiger partial charge in [-0.1, -0.05) is 24.3 Å². The lowest BCUT2D eigenvalue weighted by molar-refractivity contribution is 0.0578. The van der Waals surface area contributed by atoms with Gasteiger partial charge in [0.25, 0.3) is 5.91 Å². The number of aliphatic imine (C=N–C) groups is 1. The lowest BCUT2D eigenvalue weighted by Gasteiger charge is -2.41. The number of ether oxygens (including phenoxy) is 3. The predicted octanol–water partition coefficient (Wildman–Crippen LogP) is 4.73. The quantitative estimate of drug-likeness (QED) is 0.569. The number of carbonyl (C=O) groups excluding carboxylic acids is 1. The number of rotatable bonds is 3. The van der Waals surface area contributed by atoms with Gasteiger partial charge in [0.1, 0.15) is 28.8 Å². The third kappa shape index (κ3) is 3.94. The van der Waals surface area contributed by atoms with Crippen molar-refractivity contribution in [3.8, 4) is 23.0 Å². The van der Waals surface area contributed by atoms with E-state index in [-0.39, 0.29) is 11.9 Å². The van der Waals surface area contributed by atoms with Crippen LogP contribution in [-0.4, -0.2) is 61.4 Å². The lowest BCUT2D eigenvalue weighted by Crippen LogP contribution is -2.55. The van der Waals surface area contributed by atoms with Gasteiger partial charge in [-0.15, -0.1) is 0 Å². The fraction of sp³-hybridized carbons (Fsp3) is 0.259. The van der Waals surface area contributed by atoms with Gasteiger partial charge in [-0.3, -0.25) is 4.79 Å². The van der Waals surface area contributed by atoms with Crippen LogP contribution >= 0.6 is 0 Å². The van der Waals surface area contributed by atoms with E-state index in [4.69, 9.17) is 19.2 Å². The van der Waals surface area contributed by atoms with Crippen molar-refractivity contribution in [1.29, 1.82) is 0 Å². The minimum atomic E-state index is -0.0256. The Morgan fingerprint density at radius 2 is 1.76 bits per heavy atom. The van der Waals surface area contributed by atoms with Crippen LogP contribution in [-0.2, 0) is 0 Å². The smallest absolute Gasteiger partial charge is 0.257 e. The Morgan fingerprint density at radius 1 is 0.971 bits per heavy atom. The summed E-state index contributed by atoms with van der Waals surface area (Å²) < 4.78 is 17.1. The number of hydrogen-bond donors (Lipinski definition) is 0. The molecule has 1 amide bonds. The highest BCUT2D eigenvalue weighted by atomic mass is 16.5. The van der Waals surface area contributed by atoms with Gasteiger partial charge >= 0.3 is 0 Å². The van der Waals surface area contributed by atoms with Crippen LogP contribution in [0.25, 0.3) is 0 Å². The van der Waals surface area contributed by atoms with Crippen LogP contribution in [0.3, 0.4) is 0 Å². The molecule has 0 radical (unpaired) electrons. The predicted molar refractivity (Wildman–Crippen MR) is 131 cm³/mol. The second kappa shape index (κ2) is 9.09. The first-order valence-corrected chi connectivity index (χ1v) is 11.3. The third-order valence-electron chi connectivity index (χ3n) is 6.26.